The first-order chi connectivity index (χ1) is 10.6. The Hall–Kier alpha value is -1.23. The number of aryl methyl sites for hydroxylation is 1. The zero-order valence-corrected chi connectivity index (χ0v) is 13.3. The van der Waals surface area contributed by atoms with Crippen molar-refractivity contribution in [3.05, 3.63) is 22.7 Å². The summed E-state index contributed by atoms with van der Waals surface area (Å²) < 4.78 is 99.4. The molecule has 0 saturated heterocycles. The molecule has 12 heteroatoms. The molecule has 0 bridgehead atoms. The summed E-state index contributed by atoms with van der Waals surface area (Å²) in [5, 5.41) is -0.123. The van der Waals surface area contributed by atoms with Gasteiger partial charge in [-0.05, 0) is 24.6 Å². The van der Waals surface area contributed by atoms with Crippen LogP contribution < -0.4 is 5.73 Å². The summed E-state index contributed by atoms with van der Waals surface area (Å²) >= 11 is 5.97. The lowest BCUT2D eigenvalue weighted by molar-refractivity contribution is -0.249. The molecule has 0 spiro atoms. The highest BCUT2D eigenvalue weighted by atomic mass is 35.5. The van der Waals surface area contributed by atoms with E-state index in [1.165, 1.54) is 6.92 Å². The fourth-order valence-electron chi connectivity index (χ4n) is 1.38. The number of rotatable bonds is 4. The monoisotopic (exact) mass is 400 g/mol. The van der Waals surface area contributed by atoms with Crippen molar-refractivity contribution in [2.45, 2.75) is 30.1 Å². The van der Waals surface area contributed by atoms with Crippen LogP contribution in [0.2, 0.25) is 5.02 Å². The number of nitrogens with two attached hydrogens (primary N) is 1. The summed E-state index contributed by atoms with van der Waals surface area (Å²) in [6.07, 6.45) is -10.5. The van der Waals surface area contributed by atoms with Crippen molar-refractivity contribution in [3.63, 3.8) is 0 Å². The van der Waals surface area contributed by atoms with Crippen LogP contribution in [0.3, 0.4) is 0 Å². The minimum Gasteiger partial charge on any atom is -0.382 e. The average molecular weight is 401 g/mol. The Labute approximate surface area is 140 Å². The van der Waals surface area contributed by atoms with Crippen molar-refractivity contribution in [2.24, 2.45) is 10.7 Å². The van der Waals surface area contributed by atoms with Gasteiger partial charge in [0, 0.05) is 4.90 Å². The van der Waals surface area contributed by atoms with Gasteiger partial charge in [0.25, 0.3) is 0 Å². The molecule has 0 aliphatic heterocycles. The molecule has 2 N–H and O–H groups in total. The Bertz CT molecular complexity index is 639. The van der Waals surface area contributed by atoms with E-state index in [4.69, 9.17) is 17.3 Å². The van der Waals surface area contributed by atoms with E-state index >= 15 is 0 Å². The third kappa shape index (κ3) is 5.13. The number of benzene rings is 1. The molecule has 0 unspecified atom stereocenters. The summed E-state index contributed by atoms with van der Waals surface area (Å²) in [7, 11) is 0. The minimum absolute atomic E-state index is 0.0669. The molecular weight excluding hydrogens is 392 g/mol. The number of amidine groups is 1. The standard InChI is InChI=1S/C12H9ClF8N2S/c1-5-2-6(13)8(24-4-10(14,15)16)3-7(5)23-9(22)11(17,18)12(19,20)21/h2-3H,4H2,1H3,(H2,22,23). The maximum atomic E-state index is 13.1. The Morgan fingerprint density at radius 3 is 2.12 bits per heavy atom. The molecule has 24 heavy (non-hydrogen) atoms. The van der Waals surface area contributed by atoms with Crippen LogP contribution in [-0.4, -0.2) is 29.9 Å². The van der Waals surface area contributed by atoms with Crippen molar-refractivity contribution in [3.8, 4) is 0 Å². The minimum atomic E-state index is -5.95. The van der Waals surface area contributed by atoms with Crippen molar-refractivity contribution >= 4 is 34.9 Å². The first-order valence-corrected chi connectivity index (χ1v) is 7.30. The summed E-state index contributed by atoms with van der Waals surface area (Å²) in [6.45, 7) is 1.28. The second kappa shape index (κ2) is 6.95. The second-order valence-electron chi connectivity index (χ2n) is 4.54. The third-order valence-corrected chi connectivity index (χ3v) is 4.11. The molecule has 1 aromatic carbocycles. The van der Waals surface area contributed by atoms with Gasteiger partial charge in [-0.15, -0.1) is 11.8 Å². The van der Waals surface area contributed by atoms with Gasteiger partial charge in [-0.3, -0.25) is 0 Å². The largest absolute Gasteiger partial charge is 0.461 e. The number of halogens is 9. The molecule has 2 nitrogen and oxygen atoms in total. The molecule has 0 atom stereocenters. The van der Waals surface area contributed by atoms with Gasteiger partial charge in [0.2, 0.25) is 0 Å². The fraction of sp³-hybridized carbons (Fsp3) is 0.417. The normalized spacial score (nSPS) is 14.2. The lowest BCUT2D eigenvalue weighted by atomic mass is 10.2. The maximum Gasteiger partial charge on any atom is 0.461 e. The number of alkyl halides is 8. The van der Waals surface area contributed by atoms with Gasteiger partial charge in [-0.1, -0.05) is 11.6 Å². The van der Waals surface area contributed by atoms with Gasteiger partial charge in [0.05, 0.1) is 16.5 Å². The molecule has 0 amide bonds. The summed E-state index contributed by atoms with van der Waals surface area (Å²) in [5.74, 6) is -8.72. The van der Waals surface area contributed by atoms with E-state index in [1.54, 1.807) is 0 Å². The number of hydrogen-bond donors (Lipinski definition) is 1. The molecule has 0 aromatic heterocycles. The Kier molecular flexibility index (Phi) is 6.02. The van der Waals surface area contributed by atoms with E-state index < -0.39 is 35.6 Å². The molecule has 0 radical (unpaired) electrons. The van der Waals surface area contributed by atoms with Gasteiger partial charge in [0.1, 0.15) is 0 Å². The molecule has 0 heterocycles. The van der Waals surface area contributed by atoms with Crippen molar-refractivity contribution in [2.75, 3.05) is 5.75 Å². The highest BCUT2D eigenvalue weighted by Gasteiger charge is 2.60. The van der Waals surface area contributed by atoms with Crippen LogP contribution in [0.5, 0.6) is 0 Å². The lowest BCUT2D eigenvalue weighted by Crippen LogP contribution is -2.48. The van der Waals surface area contributed by atoms with Crippen LogP contribution in [0.4, 0.5) is 40.8 Å². The number of aliphatic imine (C=N–C) groups is 1. The highest BCUT2D eigenvalue weighted by Crippen LogP contribution is 2.39. The van der Waals surface area contributed by atoms with Gasteiger partial charge in [-0.25, -0.2) is 4.99 Å². The highest BCUT2D eigenvalue weighted by molar-refractivity contribution is 7.99. The molecule has 136 valence electrons. The first-order valence-electron chi connectivity index (χ1n) is 5.94. The molecule has 0 aliphatic rings. The van der Waals surface area contributed by atoms with E-state index in [0.717, 1.165) is 12.1 Å². The van der Waals surface area contributed by atoms with Crippen LogP contribution in [0.1, 0.15) is 5.56 Å². The average Bonchev–Trinajstić information content (AvgIpc) is 2.37. The predicted molar refractivity (Wildman–Crippen MR) is 75.3 cm³/mol. The van der Waals surface area contributed by atoms with Crippen molar-refractivity contribution < 1.29 is 35.1 Å². The summed E-state index contributed by atoms with van der Waals surface area (Å²) in [5.41, 5.74) is 4.36. The SMILES string of the molecule is Cc1cc(Cl)c(SCC(F)(F)F)cc1/N=C(\N)C(F)(F)C(F)(F)F. The van der Waals surface area contributed by atoms with E-state index in [0.29, 0.717) is 0 Å². The summed E-state index contributed by atoms with van der Waals surface area (Å²) in [6, 6.07) is 1.96. The smallest absolute Gasteiger partial charge is 0.382 e. The Balaban J connectivity index is 3.23. The summed E-state index contributed by atoms with van der Waals surface area (Å²) in [4.78, 5) is 2.83. The lowest BCUT2D eigenvalue weighted by Gasteiger charge is -2.19. The third-order valence-electron chi connectivity index (χ3n) is 2.56. The zero-order valence-electron chi connectivity index (χ0n) is 11.7. The predicted octanol–water partition coefficient (Wildman–Crippen LogP) is 5.49. The number of thioether (sulfide) groups is 1. The second-order valence-corrected chi connectivity index (χ2v) is 5.97. The quantitative estimate of drug-likeness (QED) is 0.314. The van der Waals surface area contributed by atoms with E-state index in [1.807, 2.05) is 0 Å². The van der Waals surface area contributed by atoms with E-state index in [9.17, 15) is 35.1 Å². The first kappa shape index (κ1) is 20.8. The van der Waals surface area contributed by atoms with Crippen molar-refractivity contribution in [1.29, 1.82) is 0 Å². The number of hydrogen-bond acceptors (Lipinski definition) is 2. The van der Waals surface area contributed by atoms with Gasteiger partial charge < -0.3 is 5.73 Å². The van der Waals surface area contributed by atoms with Gasteiger partial charge in [-0.2, -0.15) is 35.1 Å². The van der Waals surface area contributed by atoms with Crippen LogP contribution in [0, 0.1) is 6.92 Å². The Morgan fingerprint density at radius 2 is 1.67 bits per heavy atom. The Morgan fingerprint density at radius 1 is 1.12 bits per heavy atom. The van der Waals surface area contributed by atoms with E-state index in [-0.39, 0.29) is 27.2 Å². The van der Waals surface area contributed by atoms with E-state index in [2.05, 4.69) is 4.99 Å². The van der Waals surface area contributed by atoms with Crippen LogP contribution in [0.25, 0.3) is 0 Å². The van der Waals surface area contributed by atoms with Gasteiger partial charge >= 0.3 is 18.3 Å². The molecule has 1 aromatic rings. The zero-order chi connectivity index (χ0) is 18.9. The number of nitrogens with zero attached hydrogens (tertiary/aromatic N) is 1. The molecular formula is C12H9ClF8N2S. The van der Waals surface area contributed by atoms with Crippen LogP contribution in [0.15, 0.2) is 22.0 Å². The van der Waals surface area contributed by atoms with Crippen LogP contribution >= 0.6 is 23.4 Å². The van der Waals surface area contributed by atoms with Gasteiger partial charge in [0.15, 0.2) is 5.84 Å². The fourth-order valence-corrected chi connectivity index (χ4v) is 2.47. The topological polar surface area (TPSA) is 38.4 Å². The molecule has 0 saturated carbocycles. The van der Waals surface area contributed by atoms with Crippen LogP contribution in [-0.2, 0) is 0 Å². The molecule has 0 fully saturated rings. The maximum absolute atomic E-state index is 13.1. The van der Waals surface area contributed by atoms with Crippen molar-refractivity contribution in [1.82, 2.24) is 0 Å². The molecule has 0 aliphatic carbocycles. The molecule has 1 rings (SSSR count).